The Labute approximate surface area is 133 Å². The van der Waals surface area contributed by atoms with Crippen molar-refractivity contribution in [1.82, 2.24) is 5.32 Å². The van der Waals surface area contributed by atoms with E-state index in [1.54, 1.807) is 31.2 Å². The molecule has 0 radical (unpaired) electrons. The second-order valence-electron chi connectivity index (χ2n) is 4.78. The number of nitrogens with one attached hydrogen (secondary N) is 1. The lowest BCUT2D eigenvalue weighted by molar-refractivity contribution is -0.144. The fourth-order valence-corrected chi connectivity index (χ4v) is 1.92. The number of carbonyl (C=O) groups is 3. The highest BCUT2D eigenvalue weighted by Gasteiger charge is 2.21. The summed E-state index contributed by atoms with van der Waals surface area (Å²) in [4.78, 5) is 34.2. The van der Waals surface area contributed by atoms with E-state index in [0.717, 1.165) is 0 Å². The molecule has 7 heteroatoms. The van der Waals surface area contributed by atoms with Gasteiger partial charge in [-0.15, -0.1) is 0 Å². The molecule has 2 N–H and O–H groups in total. The molecule has 1 aromatic rings. The van der Waals surface area contributed by atoms with Gasteiger partial charge < -0.3 is 15.2 Å². The standard InChI is InChI=1S/C16H18N2O5/c1-2-23-15(20)7-6-14(19)18-13(16(21)22)9-11-4-3-5-12(8-11)10-17/h3-5,8,13H,2,6-7,9H2,1H3,(H,18,19)(H,21,22)/t13-/m0/s1. The van der Waals surface area contributed by atoms with Crippen LogP contribution in [-0.2, 0) is 25.5 Å². The second kappa shape index (κ2) is 9.20. The molecule has 0 aliphatic rings. The lowest BCUT2D eigenvalue weighted by Gasteiger charge is -2.14. The lowest BCUT2D eigenvalue weighted by atomic mass is 10.0. The topological polar surface area (TPSA) is 116 Å². The summed E-state index contributed by atoms with van der Waals surface area (Å²) < 4.78 is 4.70. The van der Waals surface area contributed by atoms with E-state index in [-0.39, 0.29) is 25.9 Å². The van der Waals surface area contributed by atoms with Gasteiger partial charge in [-0.25, -0.2) is 4.79 Å². The molecule has 0 aliphatic heterocycles. The number of aliphatic carboxylic acids is 1. The smallest absolute Gasteiger partial charge is 0.326 e. The molecule has 0 fully saturated rings. The first kappa shape index (κ1) is 18.2. The Morgan fingerprint density at radius 1 is 1.35 bits per heavy atom. The van der Waals surface area contributed by atoms with Crippen LogP contribution in [0.2, 0.25) is 0 Å². The van der Waals surface area contributed by atoms with Gasteiger partial charge in [0.15, 0.2) is 0 Å². The van der Waals surface area contributed by atoms with Crippen LogP contribution in [0, 0.1) is 11.3 Å². The Hall–Kier alpha value is -2.88. The number of rotatable bonds is 8. The van der Waals surface area contributed by atoms with Crippen LogP contribution in [0.25, 0.3) is 0 Å². The molecule has 0 saturated carbocycles. The van der Waals surface area contributed by atoms with E-state index < -0.39 is 23.9 Å². The van der Waals surface area contributed by atoms with Crippen LogP contribution in [-0.4, -0.2) is 35.6 Å². The Morgan fingerprint density at radius 3 is 2.70 bits per heavy atom. The van der Waals surface area contributed by atoms with Gasteiger partial charge in [-0.1, -0.05) is 12.1 Å². The zero-order valence-corrected chi connectivity index (χ0v) is 12.7. The first-order valence-electron chi connectivity index (χ1n) is 7.13. The molecule has 0 bridgehead atoms. The number of nitriles is 1. The number of esters is 1. The predicted octanol–water partition coefficient (Wildman–Crippen LogP) is 1.01. The molecule has 0 spiro atoms. The molecular formula is C16H18N2O5. The second-order valence-corrected chi connectivity index (χ2v) is 4.78. The maximum Gasteiger partial charge on any atom is 0.326 e. The van der Waals surface area contributed by atoms with Crippen molar-refractivity contribution in [3.8, 4) is 6.07 Å². The molecule has 0 saturated heterocycles. The van der Waals surface area contributed by atoms with Crippen LogP contribution in [0.15, 0.2) is 24.3 Å². The molecule has 1 rings (SSSR count). The van der Waals surface area contributed by atoms with E-state index in [9.17, 15) is 19.5 Å². The summed E-state index contributed by atoms with van der Waals surface area (Å²) in [5, 5.41) is 20.4. The van der Waals surface area contributed by atoms with E-state index in [4.69, 9.17) is 10.00 Å². The third kappa shape index (κ3) is 6.61. The zero-order valence-electron chi connectivity index (χ0n) is 12.7. The van der Waals surface area contributed by atoms with Gasteiger partial charge in [0.25, 0.3) is 0 Å². The number of carboxylic acids is 1. The van der Waals surface area contributed by atoms with E-state index in [1.165, 1.54) is 0 Å². The Balaban J connectivity index is 2.61. The van der Waals surface area contributed by atoms with E-state index in [1.807, 2.05) is 6.07 Å². The summed E-state index contributed by atoms with van der Waals surface area (Å²) in [6, 6.07) is 7.35. The lowest BCUT2D eigenvalue weighted by Crippen LogP contribution is -2.42. The summed E-state index contributed by atoms with van der Waals surface area (Å²) >= 11 is 0. The highest BCUT2D eigenvalue weighted by atomic mass is 16.5. The predicted molar refractivity (Wildman–Crippen MR) is 80.3 cm³/mol. The first-order chi connectivity index (χ1) is 11.0. The number of nitrogens with zero attached hydrogens (tertiary/aromatic N) is 1. The number of hydrogen-bond acceptors (Lipinski definition) is 5. The van der Waals surface area contributed by atoms with Gasteiger partial charge in [-0.3, -0.25) is 9.59 Å². The van der Waals surface area contributed by atoms with Crippen LogP contribution in [0.1, 0.15) is 30.9 Å². The summed E-state index contributed by atoms with van der Waals surface area (Å²) in [6.07, 6.45) is -0.188. The average Bonchev–Trinajstić information content (AvgIpc) is 2.52. The summed E-state index contributed by atoms with van der Waals surface area (Å²) in [5.74, 6) is -2.23. The molecule has 0 unspecified atom stereocenters. The SMILES string of the molecule is CCOC(=O)CCC(=O)N[C@@H](Cc1cccc(C#N)c1)C(=O)O. The van der Waals surface area contributed by atoms with Gasteiger partial charge in [-0.05, 0) is 24.6 Å². The molecule has 23 heavy (non-hydrogen) atoms. The highest BCUT2D eigenvalue weighted by Crippen LogP contribution is 2.08. The van der Waals surface area contributed by atoms with Crippen molar-refractivity contribution in [3.05, 3.63) is 35.4 Å². The van der Waals surface area contributed by atoms with Crippen LogP contribution in [0.3, 0.4) is 0 Å². The number of amides is 1. The Bertz CT molecular complexity index is 621. The minimum absolute atomic E-state index is 0.0516. The molecule has 1 atom stereocenters. The first-order valence-corrected chi connectivity index (χ1v) is 7.13. The minimum atomic E-state index is -1.18. The number of carbonyl (C=O) groups excluding carboxylic acids is 2. The zero-order chi connectivity index (χ0) is 17.2. The maximum atomic E-state index is 11.7. The normalized spacial score (nSPS) is 11.1. The van der Waals surface area contributed by atoms with Gasteiger partial charge in [0.2, 0.25) is 5.91 Å². The molecule has 0 aliphatic carbocycles. The fraction of sp³-hybridized carbons (Fsp3) is 0.375. The van der Waals surface area contributed by atoms with Crippen molar-refractivity contribution < 1.29 is 24.2 Å². The molecule has 1 amide bonds. The minimum Gasteiger partial charge on any atom is -0.480 e. The molecule has 0 heterocycles. The van der Waals surface area contributed by atoms with E-state index in [2.05, 4.69) is 5.32 Å². The highest BCUT2D eigenvalue weighted by molar-refractivity contribution is 5.85. The van der Waals surface area contributed by atoms with Crippen molar-refractivity contribution in [1.29, 1.82) is 5.26 Å². The van der Waals surface area contributed by atoms with Crippen molar-refractivity contribution in [2.24, 2.45) is 0 Å². The number of benzene rings is 1. The van der Waals surface area contributed by atoms with Crippen LogP contribution >= 0.6 is 0 Å². The van der Waals surface area contributed by atoms with Crippen LogP contribution in [0.4, 0.5) is 0 Å². The molecule has 7 nitrogen and oxygen atoms in total. The average molecular weight is 318 g/mol. The Kier molecular flexibility index (Phi) is 7.27. The number of carboxylic acid groups (broad SMARTS) is 1. The molecule has 1 aromatic carbocycles. The maximum absolute atomic E-state index is 11.7. The molecular weight excluding hydrogens is 300 g/mol. The third-order valence-electron chi connectivity index (χ3n) is 2.99. The largest absolute Gasteiger partial charge is 0.480 e. The van der Waals surface area contributed by atoms with Crippen molar-refractivity contribution in [2.45, 2.75) is 32.2 Å². The third-order valence-corrected chi connectivity index (χ3v) is 2.99. The quantitative estimate of drug-likeness (QED) is 0.691. The number of ether oxygens (including phenoxy) is 1. The van der Waals surface area contributed by atoms with Crippen molar-refractivity contribution >= 4 is 17.8 Å². The van der Waals surface area contributed by atoms with Gasteiger partial charge in [-0.2, -0.15) is 5.26 Å². The van der Waals surface area contributed by atoms with Crippen LogP contribution in [0.5, 0.6) is 0 Å². The van der Waals surface area contributed by atoms with Gasteiger partial charge in [0, 0.05) is 12.8 Å². The summed E-state index contributed by atoms with van der Waals surface area (Å²) in [7, 11) is 0. The number of hydrogen-bond donors (Lipinski definition) is 2. The monoisotopic (exact) mass is 318 g/mol. The molecule has 122 valence electrons. The van der Waals surface area contributed by atoms with Crippen molar-refractivity contribution in [3.63, 3.8) is 0 Å². The van der Waals surface area contributed by atoms with E-state index in [0.29, 0.717) is 11.1 Å². The van der Waals surface area contributed by atoms with Gasteiger partial charge in [0.1, 0.15) is 6.04 Å². The van der Waals surface area contributed by atoms with E-state index >= 15 is 0 Å². The van der Waals surface area contributed by atoms with Crippen LogP contribution < -0.4 is 5.32 Å². The van der Waals surface area contributed by atoms with Gasteiger partial charge in [0.05, 0.1) is 24.7 Å². The van der Waals surface area contributed by atoms with Gasteiger partial charge >= 0.3 is 11.9 Å². The summed E-state index contributed by atoms with van der Waals surface area (Å²) in [6.45, 7) is 1.89. The fourth-order valence-electron chi connectivity index (χ4n) is 1.92. The summed E-state index contributed by atoms with van der Waals surface area (Å²) in [5.41, 5.74) is 1.04. The Morgan fingerprint density at radius 2 is 2.09 bits per heavy atom. The van der Waals surface area contributed by atoms with Crippen molar-refractivity contribution in [2.75, 3.05) is 6.61 Å². The molecule has 0 aromatic heterocycles.